The summed E-state index contributed by atoms with van der Waals surface area (Å²) >= 11 is 0. The third kappa shape index (κ3) is 5.62. The molecule has 3 aromatic carbocycles. The first-order chi connectivity index (χ1) is 14.0. The van der Waals surface area contributed by atoms with Gasteiger partial charge in [0, 0.05) is 11.9 Å². The largest absolute Gasteiger partial charge is 0.452 e. The highest BCUT2D eigenvalue weighted by molar-refractivity contribution is 7.84. The molecule has 0 radical (unpaired) electrons. The van der Waals surface area contributed by atoms with Crippen molar-refractivity contribution in [1.82, 2.24) is 0 Å². The van der Waals surface area contributed by atoms with Crippen molar-refractivity contribution >= 4 is 28.4 Å². The molecule has 148 valence electrons. The smallest absolute Gasteiger partial charge is 0.339 e. The maximum Gasteiger partial charge on any atom is 0.339 e. The van der Waals surface area contributed by atoms with Gasteiger partial charge in [-0.2, -0.15) is 0 Å². The van der Waals surface area contributed by atoms with Crippen LogP contribution in [0.2, 0.25) is 0 Å². The second-order valence-electron chi connectivity index (χ2n) is 6.39. The number of hydrogen-bond acceptors (Lipinski definition) is 4. The van der Waals surface area contributed by atoms with Gasteiger partial charge in [0.1, 0.15) is 0 Å². The summed E-state index contributed by atoms with van der Waals surface area (Å²) in [4.78, 5) is 25.0. The minimum Gasteiger partial charge on any atom is -0.452 e. The number of benzene rings is 3. The van der Waals surface area contributed by atoms with E-state index < -0.39 is 29.3 Å². The van der Waals surface area contributed by atoms with Crippen LogP contribution in [0.15, 0.2) is 83.8 Å². The van der Waals surface area contributed by atoms with Crippen molar-refractivity contribution in [2.24, 2.45) is 0 Å². The molecule has 0 saturated carbocycles. The lowest BCUT2D eigenvalue weighted by Gasteiger charge is -2.12. The second-order valence-corrected chi connectivity index (χ2v) is 7.74. The van der Waals surface area contributed by atoms with Crippen LogP contribution in [-0.2, 0) is 26.8 Å². The number of ether oxygens (including phenoxy) is 1. The average Bonchev–Trinajstić information content (AvgIpc) is 2.74. The summed E-state index contributed by atoms with van der Waals surface area (Å²) in [6.07, 6.45) is 2.16. The Kier molecular flexibility index (Phi) is 6.92. The Labute approximate surface area is 172 Å². The second kappa shape index (κ2) is 9.80. The molecule has 1 amide bonds. The summed E-state index contributed by atoms with van der Waals surface area (Å²) in [6, 6.07) is 23.9. The van der Waals surface area contributed by atoms with Crippen molar-refractivity contribution < 1.29 is 18.5 Å². The van der Waals surface area contributed by atoms with Gasteiger partial charge in [-0.15, -0.1) is 0 Å². The molecule has 5 nitrogen and oxygen atoms in total. The van der Waals surface area contributed by atoms with Gasteiger partial charge >= 0.3 is 5.97 Å². The van der Waals surface area contributed by atoms with E-state index in [-0.39, 0.29) is 5.56 Å². The highest BCUT2D eigenvalue weighted by Crippen LogP contribution is 2.19. The summed E-state index contributed by atoms with van der Waals surface area (Å²) in [5, 5.41) is 2.80. The summed E-state index contributed by atoms with van der Waals surface area (Å²) in [6.45, 7) is -0.427. The van der Waals surface area contributed by atoms with Crippen molar-refractivity contribution in [2.75, 3.05) is 18.2 Å². The lowest BCUT2D eigenvalue weighted by Crippen LogP contribution is -2.22. The van der Waals surface area contributed by atoms with Gasteiger partial charge in [-0.1, -0.05) is 60.7 Å². The molecule has 0 fully saturated rings. The van der Waals surface area contributed by atoms with Crippen molar-refractivity contribution in [2.45, 2.75) is 11.3 Å². The van der Waals surface area contributed by atoms with Crippen LogP contribution in [0.5, 0.6) is 0 Å². The van der Waals surface area contributed by atoms with Crippen LogP contribution >= 0.6 is 0 Å². The van der Waals surface area contributed by atoms with E-state index in [1.54, 1.807) is 18.2 Å². The molecule has 0 spiro atoms. The lowest BCUT2D eigenvalue weighted by atomic mass is 10.0. The van der Waals surface area contributed by atoms with Crippen molar-refractivity contribution in [3.8, 4) is 0 Å². The molecule has 6 heteroatoms. The highest BCUT2D eigenvalue weighted by atomic mass is 32.2. The molecule has 0 saturated heterocycles. The van der Waals surface area contributed by atoms with E-state index in [0.717, 1.165) is 11.1 Å². The van der Waals surface area contributed by atoms with Crippen LogP contribution in [0.3, 0.4) is 0 Å². The molecule has 0 aromatic heterocycles. The number of hydrogen-bond donors (Lipinski definition) is 1. The van der Waals surface area contributed by atoms with E-state index in [1.165, 1.54) is 12.3 Å². The Hall–Kier alpha value is -3.25. The molecule has 0 bridgehead atoms. The fraction of sp³-hybridized carbons (Fsp3) is 0.130. The normalized spacial score (nSPS) is 11.5. The first-order valence-electron chi connectivity index (χ1n) is 9.06. The predicted octanol–water partition coefficient (Wildman–Crippen LogP) is 3.81. The topological polar surface area (TPSA) is 72.5 Å². The average molecular weight is 407 g/mol. The van der Waals surface area contributed by atoms with Crippen LogP contribution < -0.4 is 5.32 Å². The molecule has 0 heterocycles. The number of esters is 1. The molecule has 0 unspecified atom stereocenters. The maximum atomic E-state index is 12.3. The summed E-state index contributed by atoms with van der Waals surface area (Å²) in [5.74, 6) is -1.11. The number of carbonyl (C=O) groups is 2. The number of carbonyl (C=O) groups excluding carboxylic acids is 2. The number of nitrogens with one attached hydrogen (secondary N) is 1. The molecule has 3 aromatic rings. The van der Waals surface area contributed by atoms with Gasteiger partial charge in [-0.05, 0) is 35.7 Å². The maximum absolute atomic E-state index is 12.3. The number of anilines is 1. The standard InChI is InChI=1S/C23H21NO4S/c1-29(27)21-14-8-6-12-19(21)23(26)28-16-22(25)24-20-13-7-5-11-18(20)15-17-9-3-2-4-10-17/h2-14H,15-16H2,1H3,(H,24,25)/t29-/m0/s1. The Bertz CT molecular complexity index is 1030. The third-order valence-electron chi connectivity index (χ3n) is 4.28. The zero-order valence-corrected chi connectivity index (χ0v) is 16.8. The van der Waals surface area contributed by atoms with Crippen molar-refractivity contribution in [3.05, 3.63) is 95.6 Å². The fourth-order valence-electron chi connectivity index (χ4n) is 2.89. The van der Waals surface area contributed by atoms with Crippen LogP contribution in [0.1, 0.15) is 21.5 Å². The molecule has 3 rings (SSSR count). The van der Waals surface area contributed by atoms with Crippen LogP contribution in [0.25, 0.3) is 0 Å². The molecule has 0 aliphatic heterocycles. The van der Waals surface area contributed by atoms with Crippen LogP contribution in [0.4, 0.5) is 5.69 Å². The van der Waals surface area contributed by atoms with Crippen molar-refractivity contribution in [1.29, 1.82) is 0 Å². The van der Waals surface area contributed by atoms with Gasteiger partial charge in [-0.25, -0.2) is 4.79 Å². The van der Waals surface area contributed by atoms with E-state index >= 15 is 0 Å². The molecule has 1 N–H and O–H groups in total. The first kappa shape index (κ1) is 20.5. The Morgan fingerprint density at radius 1 is 0.897 bits per heavy atom. The molecule has 0 aliphatic carbocycles. The summed E-state index contributed by atoms with van der Waals surface area (Å²) < 4.78 is 16.9. The molecule has 0 aliphatic rings. The van der Waals surface area contributed by atoms with Gasteiger partial charge in [0.25, 0.3) is 5.91 Å². The van der Waals surface area contributed by atoms with Gasteiger partial charge in [0.15, 0.2) is 6.61 Å². The van der Waals surface area contributed by atoms with Crippen LogP contribution in [0, 0.1) is 0 Å². The summed E-state index contributed by atoms with van der Waals surface area (Å²) in [7, 11) is -1.33. The van der Waals surface area contributed by atoms with E-state index in [2.05, 4.69) is 5.32 Å². The van der Waals surface area contributed by atoms with Gasteiger partial charge in [-0.3, -0.25) is 9.00 Å². The molecular weight excluding hydrogens is 386 g/mol. The van der Waals surface area contributed by atoms with E-state index in [0.29, 0.717) is 17.0 Å². The monoisotopic (exact) mass is 407 g/mol. The summed E-state index contributed by atoms with van der Waals surface area (Å²) in [5.41, 5.74) is 2.97. The lowest BCUT2D eigenvalue weighted by molar-refractivity contribution is -0.119. The van der Waals surface area contributed by atoms with Crippen LogP contribution in [-0.4, -0.2) is 28.9 Å². The highest BCUT2D eigenvalue weighted by Gasteiger charge is 2.16. The van der Waals surface area contributed by atoms with Gasteiger partial charge in [0.2, 0.25) is 0 Å². The number of rotatable bonds is 7. The van der Waals surface area contributed by atoms with Gasteiger partial charge in [0.05, 0.1) is 21.3 Å². The Morgan fingerprint density at radius 3 is 2.31 bits per heavy atom. The van der Waals surface area contributed by atoms with E-state index in [4.69, 9.17) is 4.74 Å². The molecule has 29 heavy (non-hydrogen) atoms. The van der Waals surface area contributed by atoms with E-state index in [9.17, 15) is 13.8 Å². The van der Waals surface area contributed by atoms with Crippen molar-refractivity contribution in [3.63, 3.8) is 0 Å². The predicted molar refractivity (Wildman–Crippen MR) is 113 cm³/mol. The molecule has 1 atom stereocenters. The number of amides is 1. The Balaban J connectivity index is 1.63. The quantitative estimate of drug-likeness (QED) is 0.605. The zero-order chi connectivity index (χ0) is 20.6. The zero-order valence-electron chi connectivity index (χ0n) is 16.0. The van der Waals surface area contributed by atoms with E-state index in [1.807, 2.05) is 54.6 Å². The minimum absolute atomic E-state index is 0.200. The third-order valence-corrected chi connectivity index (χ3v) is 5.26. The first-order valence-corrected chi connectivity index (χ1v) is 10.6. The number of para-hydroxylation sites is 1. The fourth-order valence-corrected chi connectivity index (χ4v) is 3.62. The minimum atomic E-state index is -1.33. The SMILES string of the molecule is C[S@](=O)c1ccccc1C(=O)OCC(=O)Nc1ccccc1Cc1ccccc1. The molecular formula is C23H21NO4S. The Morgan fingerprint density at radius 2 is 1.55 bits per heavy atom. The van der Waals surface area contributed by atoms with Gasteiger partial charge < -0.3 is 10.1 Å².